The lowest BCUT2D eigenvalue weighted by Crippen LogP contribution is -2.28. The van der Waals surface area contributed by atoms with E-state index in [1.54, 1.807) is 6.07 Å². The molecule has 0 radical (unpaired) electrons. The third-order valence-corrected chi connectivity index (χ3v) is 4.16. The van der Waals surface area contributed by atoms with E-state index in [0.29, 0.717) is 17.0 Å². The van der Waals surface area contributed by atoms with E-state index >= 15 is 0 Å². The minimum atomic E-state index is -0.299. The van der Waals surface area contributed by atoms with Crippen molar-refractivity contribution in [1.29, 1.82) is 0 Å². The first-order valence-electron chi connectivity index (χ1n) is 8.04. The highest BCUT2D eigenvalue weighted by Gasteiger charge is 2.13. The standard InChI is InChI=1S/C19H20N4O2/c1-11-6-4-5-7-14(11)16-9-17(23-22-16)19(25)20-10-15-12(2)8-13(3)21-18(15)24/h4-9H,10H2,1-3H3,(H,20,25)(H,21,24)(H,22,23). The van der Waals surface area contributed by atoms with E-state index in [9.17, 15) is 9.59 Å². The van der Waals surface area contributed by atoms with Gasteiger partial charge in [-0.3, -0.25) is 14.7 Å². The van der Waals surface area contributed by atoms with Gasteiger partial charge in [0, 0.05) is 23.4 Å². The van der Waals surface area contributed by atoms with Crippen LogP contribution < -0.4 is 10.9 Å². The molecule has 0 bridgehead atoms. The number of carbonyl (C=O) groups is 1. The molecule has 2 aromatic heterocycles. The SMILES string of the molecule is Cc1cc(C)c(CNC(=O)c2cc(-c3ccccc3C)n[nH]2)c(=O)[nH]1. The predicted molar refractivity (Wildman–Crippen MR) is 96.5 cm³/mol. The molecule has 0 aliphatic carbocycles. The van der Waals surface area contributed by atoms with E-state index in [1.807, 2.05) is 51.1 Å². The summed E-state index contributed by atoms with van der Waals surface area (Å²) in [6.45, 7) is 5.85. The summed E-state index contributed by atoms with van der Waals surface area (Å²) < 4.78 is 0. The van der Waals surface area contributed by atoms with Crippen LogP contribution in [0.5, 0.6) is 0 Å². The molecule has 0 saturated carbocycles. The lowest BCUT2D eigenvalue weighted by molar-refractivity contribution is 0.0945. The molecule has 0 aliphatic heterocycles. The summed E-state index contributed by atoms with van der Waals surface area (Å²) in [4.78, 5) is 27.1. The monoisotopic (exact) mass is 336 g/mol. The Hall–Kier alpha value is -3.15. The van der Waals surface area contributed by atoms with Crippen LogP contribution in [0.25, 0.3) is 11.3 Å². The minimum Gasteiger partial charge on any atom is -0.346 e. The summed E-state index contributed by atoms with van der Waals surface area (Å²) in [5.41, 5.74) is 5.17. The van der Waals surface area contributed by atoms with Crippen molar-refractivity contribution < 1.29 is 4.79 Å². The molecule has 3 N–H and O–H groups in total. The van der Waals surface area contributed by atoms with E-state index in [2.05, 4.69) is 20.5 Å². The number of aromatic nitrogens is 3. The Bertz CT molecular complexity index is 985. The average molecular weight is 336 g/mol. The molecule has 2 heterocycles. The van der Waals surface area contributed by atoms with Gasteiger partial charge in [-0.25, -0.2) is 0 Å². The second kappa shape index (κ2) is 6.76. The molecule has 6 heteroatoms. The average Bonchev–Trinajstić information content (AvgIpc) is 3.04. The van der Waals surface area contributed by atoms with Crippen molar-refractivity contribution in [3.63, 3.8) is 0 Å². The van der Waals surface area contributed by atoms with Crippen molar-refractivity contribution in [2.24, 2.45) is 0 Å². The second-order valence-corrected chi connectivity index (χ2v) is 6.11. The molecule has 0 aliphatic rings. The van der Waals surface area contributed by atoms with Gasteiger partial charge in [-0.15, -0.1) is 0 Å². The maximum Gasteiger partial charge on any atom is 0.269 e. The Morgan fingerprint density at radius 3 is 2.60 bits per heavy atom. The van der Waals surface area contributed by atoms with Crippen molar-refractivity contribution in [1.82, 2.24) is 20.5 Å². The highest BCUT2D eigenvalue weighted by atomic mass is 16.2. The molecule has 1 amide bonds. The van der Waals surface area contributed by atoms with E-state index < -0.39 is 0 Å². The van der Waals surface area contributed by atoms with Crippen molar-refractivity contribution in [2.45, 2.75) is 27.3 Å². The highest BCUT2D eigenvalue weighted by Crippen LogP contribution is 2.21. The zero-order chi connectivity index (χ0) is 18.0. The smallest absolute Gasteiger partial charge is 0.269 e. The van der Waals surface area contributed by atoms with Gasteiger partial charge in [0.15, 0.2) is 0 Å². The normalized spacial score (nSPS) is 10.7. The number of hydrogen-bond acceptors (Lipinski definition) is 3. The predicted octanol–water partition coefficient (Wildman–Crippen LogP) is 2.62. The Morgan fingerprint density at radius 2 is 1.88 bits per heavy atom. The van der Waals surface area contributed by atoms with Crippen LogP contribution in [0.15, 0.2) is 41.2 Å². The summed E-state index contributed by atoms with van der Waals surface area (Å²) in [6, 6.07) is 11.4. The zero-order valence-electron chi connectivity index (χ0n) is 14.4. The van der Waals surface area contributed by atoms with Gasteiger partial charge in [0.1, 0.15) is 5.69 Å². The summed E-state index contributed by atoms with van der Waals surface area (Å²) in [7, 11) is 0. The van der Waals surface area contributed by atoms with Crippen LogP contribution in [0.1, 0.15) is 32.9 Å². The summed E-state index contributed by atoms with van der Waals surface area (Å²) in [5, 5.41) is 9.74. The van der Waals surface area contributed by atoms with Gasteiger partial charge in [0.05, 0.1) is 5.69 Å². The van der Waals surface area contributed by atoms with Crippen LogP contribution >= 0.6 is 0 Å². The van der Waals surface area contributed by atoms with Crippen molar-refractivity contribution in [2.75, 3.05) is 0 Å². The van der Waals surface area contributed by atoms with Gasteiger partial charge in [0.2, 0.25) is 0 Å². The molecular formula is C19H20N4O2. The third-order valence-electron chi connectivity index (χ3n) is 4.16. The van der Waals surface area contributed by atoms with Gasteiger partial charge >= 0.3 is 0 Å². The van der Waals surface area contributed by atoms with Gasteiger partial charge < -0.3 is 10.3 Å². The Balaban J connectivity index is 1.75. The van der Waals surface area contributed by atoms with Gasteiger partial charge in [-0.05, 0) is 44.0 Å². The number of carbonyl (C=O) groups excluding carboxylic acids is 1. The second-order valence-electron chi connectivity index (χ2n) is 6.11. The van der Waals surface area contributed by atoms with Crippen molar-refractivity contribution in [3.8, 4) is 11.3 Å². The Labute approximate surface area is 145 Å². The molecule has 0 fully saturated rings. The number of rotatable bonds is 4. The Morgan fingerprint density at radius 1 is 1.12 bits per heavy atom. The number of nitrogens with zero attached hydrogens (tertiary/aromatic N) is 1. The first kappa shape index (κ1) is 16.7. The number of nitrogens with one attached hydrogen (secondary N) is 3. The first-order valence-corrected chi connectivity index (χ1v) is 8.04. The summed E-state index contributed by atoms with van der Waals surface area (Å²) in [5.74, 6) is -0.299. The fourth-order valence-corrected chi connectivity index (χ4v) is 2.80. The van der Waals surface area contributed by atoms with E-state index in [-0.39, 0.29) is 18.0 Å². The Kier molecular flexibility index (Phi) is 4.52. The lowest BCUT2D eigenvalue weighted by Gasteiger charge is -2.07. The van der Waals surface area contributed by atoms with Gasteiger partial charge in [0.25, 0.3) is 11.5 Å². The van der Waals surface area contributed by atoms with E-state index in [4.69, 9.17) is 0 Å². The maximum atomic E-state index is 12.3. The highest BCUT2D eigenvalue weighted by molar-refractivity contribution is 5.93. The molecule has 3 rings (SSSR count). The number of aryl methyl sites for hydroxylation is 3. The largest absolute Gasteiger partial charge is 0.346 e. The quantitative estimate of drug-likeness (QED) is 0.684. The van der Waals surface area contributed by atoms with Crippen LogP contribution in [0.2, 0.25) is 0 Å². The van der Waals surface area contributed by atoms with Crippen LogP contribution in [-0.2, 0) is 6.54 Å². The lowest BCUT2D eigenvalue weighted by atomic mass is 10.1. The zero-order valence-corrected chi connectivity index (χ0v) is 14.4. The fraction of sp³-hybridized carbons (Fsp3) is 0.211. The van der Waals surface area contributed by atoms with Crippen LogP contribution in [0.3, 0.4) is 0 Å². The molecule has 0 unspecified atom stereocenters. The molecule has 25 heavy (non-hydrogen) atoms. The third kappa shape index (κ3) is 3.52. The molecule has 0 spiro atoms. The van der Waals surface area contributed by atoms with E-state index in [0.717, 1.165) is 22.4 Å². The van der Waals surface area contributed by atoms with E-state index in [1.165, 1.54) is 0 Å². The first-order chi connectivity index (χ1) is 12.0. The fourth-order valence-electron chi connectivity index (χ4n) is 2.80. The summed E-state index contributed by atoms with van der Waals surface area (Å²) >= 11 is 0. The molecule has 6 nitrogen and oxygen atoms in total. The van der Waals surface area contributed by atoms with Gasteiger partial charge in [-0.1, -0.05) is 24.3 Å². The number of aromatic amines is 2. The maximum absolute atomic E-state index is 12.3. The number of H-pyrrole nitrogens is 2. The molecule has 1 aromatic carbocycles. The van der Waals surface area contributed by atoms with Crippen LogP contribution in [0, 0.1) is 20.8 Å². The minimum absolute atomic E-state index is 0.166. The topological polar surface area (TPSA) is 90.6 Å². The molecule has 0 atom stereocenters. The molecule has 128 valence electrons. The number of hydrogen-bond donors (Lipinski definition) is 3. The number of benzene rings is 1. The van der Waals surface area contributed by atoms with Crippen molar-refractivity contribution >= 4 is 5.91 Å². The number of pyridine rings is 1. The van der Waals surface area contributed by atoms with Crippen LogP contribution in [0.4, 0.5) is 0 Å². The molecular weight excluding hydrogens is 316 g/mol. The number of amides is 1. The molecule has 3 aromatic rings. The van der Waals surface area contributed by atoms with Crippen molar-refractivity contribution in [3.05, 3.63) is 74.8 Å². The van der Waals surface area contributed by atoms with Gasteiger partial charge in [-0.2, -0.15) is 5.10 Å². The van der Waals surface area contributed by atoms with Crippen LogP contribution in [-0.4, -0.2) is 21.1 Å². The molecule has 0 saturated heterocycles. The summed E-state index contributed by atoms with van der Waals surface area (Å²) in [6.07, 6.45) is 0.